The highest BCUT2D eigenvalue weighted by molar-refractivity contribution is 8.01. The van der Waals surface area contributed by atoms with E-state index in [0.29, 0.717) is 21.4 Å². The van der Waals surface area contributed by atoms with Gasteiger partial charge in [-0.25, -0.2) is 0 Å². The molecule has 166 valence electrons. The highest BCUT2D eigenvalue weighted by Gasteiger charge is 2.30. The van der Waals surface area contributed by atoms with Gasteiger partial charge in [0.1, 0.15) is 0 Å². The van der Waals surface area contributed by atoms with Crippen LogP contribution in [-0.4, -0.2) is 36.2 Å². The Morgan fingerprint density at radius 2 is 2.03 bits per heavy atom. The van der Waals surface area contributed by atoms with Crippen LogP contribution in [0, 0.1) is 18.3 Å². The number of rotatable bonds is 7. The Balaban J connectivity index is 1.60. The molecule has 0 aromatic heterocycles. The summed E-state index contributed by atoms with van der Waals surface area (Å²) >= 11 is 13.2. The van der Waals surface area contributed by atoms with Crippen molar-refractivity contribution in [3.63, 3.8) is 0 Å². The number of hydrogen-bond donors (Lipinski definition) is 1. The van der Waals surface area contributed by atoms with E-state index in [0.717, 1.165) is 10.5 Å². The molecular formula is C22H19Cl2N3O4S. The summed E-state index contributed by atoms with van der Waals surface area (Å²) in [6.07, 6.45) is -0.0756. The van der Waals surface area contributed by atoms with E-state index in [1.807, 2.05) is 6.07 Å². The first kappa shape index (κ1) is 23.9. The second-order valence-corrected chi connectivity index (χ2v) is 9.08. The number of nitriles is 1. The number of carbonyl (C=O) groups is 3. The van der Waals surface area contributed by atoms with Crippen molar-refractivity contribution in [2.45, 2.75) is 29.9 Å². The molecule has 2 aromatic carbocycles. The highest BCUT2D eigenvalue weighted by Crippen LogP contribution is 2.38. The molecule has 0 aliphatic carbocycles. The average molecular weight is 492 g/mol. The molecule has 1 atom stereocenters. The fourth-order valence-corrected chi connectivity index (χ4v) is 4.41. The molecule has 1 aliphatic rings. The maximum atomic E-state index is 12.7. The van der Waals surface area contributed by atoms with E-state index in [-0.39, 0.29) is 25.3 Å². The monoisotopic (exact) mass is 491 g/mol. The minimum absolute atomic E-state index is 0.115. The number of nitrogens with one attached hydrogen (secondary N) is 1. The minimum Gasteiger partial charge on any atom is -0.456 e. The molecule has 0 radical (unpaired) electrons. The third kappa shape index (κ3) is 5.94. The van der Waals surface area contributed by atoms with Crippen molar-refractivity contribution in [2.24, 2.45) is 0 Å². The van der Waals surface area contributed by atoms with Crippen molar-refractivity contribution in [3.05, 3.63) is 52.0 Å². The Bertz CT molecular complexity index is 1100. The van der Waals surface area contributed by atoms with Crippen LogP contribution in [0.2, 0.25) is 10.0 Å². The van der Waals surface area contributed by atoms with Crippen LogP contribution in [-0.2, 0) is 19.1 Å². The molecular weight excluding hydrogens is 473 g/mol. The van der Waals surface area contributed by atoms with Crippen LogP contribution in [0.15, 0.2) is 41.3 Å². The number of nitrogens with zero attached hydrogens (tertiary/aromatic N) is 2. The smallest absolute Gasteiger partial charge is 0.307 e. The van der Waals surface area contributed by atoms with Crippen molar-refractivity contribution >= 4 is 64.1 Å². The number of fused-ring (bicyclic) bond motifs is 1. The van der Waals surface area contributed by atoms with E-state index >= 15 is 0 Å². The van der Waals surface area contributed by atoms with Gasteiger partial charge in [-0.05, 0) is 48.9 Å². The van der Waals surface area contributed by atoms with Gasteiger partial charge in [0, 0.05) is 27.2 Å². The zero-order chi connectivity index (χ0) is 23.3. The van der Waals surface area contributed by atoms with Crippen LogP contribution < -0.4 is 10.2 Å². The minimum atomic E-state index is -0.681. The maximum absolute atomic E-state index is 12.7. The molecule has 0 saturated carbocycles. The summed E-state index contributed by atoms with van der Waals surface area (Å²) < 4.78 is 5.14. The number of aryl methyl sites for hydroxylation is 1. The first-order valence-corrected chi connectivity index (χ1v) is 11.3. The lowest BCUT2D eigenvalue weighted by Gasteiger charge is -2.24. The summed E-state index contributed by atoms with van der Waals surface area (Å²) in [4.78, 5) is 39.5. The number of amides is 2. The summed E-state index contributed by atoms with van der Waals surface area (Å²) in [6, 6.07) is 12.2. The highest BCUT2D eigenvalue weighted by atomic mass is 35.5. The number of ether oxygens (including phenoxy) is 1. The topological polar surface area (TPSA) is 99.5 Å². The van der Waals surface area contributed by atoms with E-state index in [4.69, 9.17) is 33.2 Å². The van der Waals surface area contributed by atoms with Gasteiger partial charge in [0.05, 0.1) is 29.8 Å². The summed E-state index contributed by atoms with van der Waals surface area (Å²) in [5.41, 5.74) is 1.93. The van der Waals surface area contributed by atoms with Crippen molar-refractivity contribution in [2.75, 3.05) is 23.4 Å². The Morgan fingerprint density at radius 1 is 1.25 bits per heavy atom. The normalized spacial score (nSPS) is 14.7. The number of hydrogen-bond acceptors (Lipinski definition) is 6. The van der Waals surface area contributed by atoms with Crippen LogP contribution in [0.4, 0.5) is 11.4 Å². The van der Waals surface area contributed by atoms with E-state index in [9.17, 15) is 14.4 Å². The Kier molecular flexibility index (Phi) is 8.02. The number of thioether (sulfide) groups is 1. The van der Waals surface area contributed by atoms with Gasteiger partial charge < -0.3 is 15.0 Å². The van der Waals surface area contributed by atoms with Crippen LogP contribution >= 0.6 is 35.0 Å². The van der Waals surface area contributed by atoms with Gasteiger partial charge in [0.15, 0.2) is 6.61 Å². The summed E-state index contributed by atoms with van der Waals surface area (Å²) in [7, 11) is 0. The number of halogens is 2. The largest absolute Gasteiger partial charge is 0.456 e. The Morgan fingerprint density at radius 3 is 2.75 bits per heavy atom. The van der Waals surface area contributed by atoms with Crippen molar-refractivity contribution < 1.29 is 19.1 Å². The van der Waals surface area contributed by atoms with Crippen LogP contribution in [0.1, 0.15) is 18.4 Å². The lowest BCUT2D eigenvalue weighted by atomic mass is 10.2. The molecule has 0 saturated heterocycles. The van der Waals surface area contributed by atoms with Crippen molar-refractivity contribution in [1.29, 1.82) is 5.26 Å². The predicted octanol–water partition coefficient (Wildman–Crippen LogP) is 4.59. The molecule has 10 heteroatoms. The predicted molar refractivity (Wildman–Crippen MR) is 124 cm³/mol. The van der Waals surface area contributed by atoms with Gasteiger partial charge in [0.2, 0.25) is 5.91 Å². The van der Waals surface area contributed by atoms with E-state index in [1.165, 1.54) is 16.7 Å². The third-order valence-corrected chi connectivity index (χ3v) is 6.61. The van der Waals surface area contributed by atoms with Crippen molar-refractivity contribution in [1.82, 2.24) is 0 Å². The molecule has 0 bridgehead atoms. The SMILES string of the molecule is Cc1cc(N(CCC#N)C(=O)COC(=O)CC2Sc3ccc(Cl)cc3NC2=O)ccc1Cl. The molecule has 2 aromatic rings. The molecule has 7 nitrogen and oxygen atoms in total. The molecule has 2 amide bonds. The summed E-state index contributed by atoms with van der Waals surface area (Å²) in [6.45, 7) is 1.45. The molecule has 1 heterocycles. The lowest BCUT2D eigenvalue weighted by molar-refractivity contribution is -0.148. The average Bonchev–Trinajstić information content (AvgIpc) is 2.75. The molecule has 0 spiro atoms. The van der Waals surface area contributed by atoms with Gasteiger partial charge >= 0.3 is 5.97 Å². The summed E-state index contributed by atoms with van der Waals surface area (Å²) in [5.74, 6) is -1.48. The first-order chi connectivity index (χ1) is 15.3. The standard InChI is InChI=1S/C22H19Cl2N3O4S/c1-13-9-15(4-5-16(13)24)27(8-2-7-25)20(28)12-31-21(29)11-19-22(30)26-17-10-14(23)3-6-18(17)32-19/h3-6,9-10,19H,2,8,11-12H2,1H3,(H,26,30). The second-order valence-electron chi connectivity index (χ2n) is 6.99. The van der Waals surface area contributed by atoms with E-state index in [2.05, 4.69) is 5.32 Å². The van der Waals surface area contributed by atoms with Gasteiger partial charge in [-0.1, -0.05) is 23.2 Å². The fourth-order valence-electron chi connectivity index (χ4n) is 3.04. The maximum Gasteiger partial charge on any atom is 0.307 e. The lowest BCUT2D eigenvalue weighted by Crippen LogP contribution is -2.36. The zero-order valence-corrected chi connectivity index (χ0v) is 19.4. The molecule has 3 rings (SSSR count). The van der Waals surface area contributed by atoms with E-state index < -0.39 is 23.7 Å². The Labute approximate surface area is 199 Å². The number of anilines is 2. The Hall–Kier alpha value is -2.73. The molecule has 1 unspecified atom stereocenters. The van der Waals surface area contributed by atoms with Gasteiger partial charge in [-0.3, -0.25) is 14.4 Å². The molecule has 32 heavy (non-hydrogen) atoms. The van der Waals surface area contributed by atoms with Gasteiger partial charge in [-0.2, -0.15) is 5.26 Å². The van der Waals surface area contributed by atoms with E-state index in [1.54, 1.807) is 43.3 Å². The van der Waals surface area contributed by atoms with Gasteiger partial charge in [0.25, 0.3) is 5.91 Å². The zero-order valence-electron chi connectivity index (χ0n) is 17.1. The van der Waals surface area contributed by atoms with Crippen LogP contribution in [0.25, 0.3) is 0 Å². The third-order valence-electron chi connectivity index (χ3n) is 4.67. The van der Waals surface area contributed by atoms with Gasteiger partial charge in [-0.15, -0.1) is 11.8 Å². The van der Waals surface area contributed by atoms with Crippen LogP contribution in [0.3, 0.4) is 0 Å². The summed E-state index contributed by atoms with van der Waals surface area (Å²) in [5, 5.41) is 12.0. The second kappa shape index (κ2) is 10.7. The number of benzene rings is 2. The molecule has 0 fully saturated rings. The fraction of sp³-hybridized carbons (Fsp3) is 0.273. The first-order valence-electron chi connectivity index (χ1n) is 9.64. The molecule has 1 N–H and O–H groups in total. The van der Waals surface area contributed by atoms with Crippen LogP contribution in [0.5, 0.6) is 0 Å². The van der Waals surface area contributed by atoms with Crippen molar-refractivity contribution in [3.8, 4) is 6.07 Å². The number of esters is 1. The molecule has 1 aliphatic heterocycles. The number of carbonyl (C=O) groups excluding carboxylic acids is 3. The quantitative estimate of drug-likeness (QED) is 0.568.